The van der Waals surface area contributed by atoms with Gasteiger partial charge in [-0.15, -0.1) is 0 Å². The Hall–Kier alpha value is -1.75. The van der Waals surface area contributed by atoms with E-state index in [1.54, 1.807) is 24.3 Å². The molecule has 0 fully saturated rings. The van der Waals surface area contributed by atoms with E-state index in [0.717, 1.165) is 0 Å². The van der Waals surface area contributed by atoms with Gasteiger partial charge in [0.15, 0.2) is 6.61 Å². The summed E-state index contributed by atoms with van der Waals surface area (Å²) in [6.45, 7) is 0.495. The Morgan fingerprint density at radius 2 is 2.06 bits per heavy atom. The highest BCUT2D eigenvalue weighted by molar-refractivity contribution is 5.77. The molecule has 5 heteroatoms. The lowest BCUT2D eigenvalue weighted by atomic mass is 10.3. The van der Waals surface area contributed by atoms with Gasteiger partial charge in [-0.25, -0.2) is 0 Å². The molecule has 1 aromatic carbocycles. The smallest absolute Gasteiger partial charge is 0.257 e. The molecular formula is C11H16N2O3. The van der Waals surface area contributed by atoms with Gasteiger partial charge < -0.3 is 20.9 Å². The second kappa shape index (κ2) is 6.68. The summed E-state index contributed by atoms with van der Waals surface area (Å²) in [4.78, 5) is 11.2. The average molecular weight is 224 g/mol. The monoisotopic (exact) mass is 224 g/mol. The van der Waals surface area contributed by atoms with Crippen molar-refractivity contribution >= 4 is 11.6 Å². The van der Waals surface area contributed by atoms with E-state index in [1.165, 1.54) is 0 Å². The van der Waals surface area contributed by atoms with Gasteiger partial charge in [-0.2, -0.15) is 0 Å². The van der Waals surface area contributed by atoms with Crippen LogP contribution in [-0.2, 0) is 4.79 Å². The minimum absolute atomic E-state index is 0.0324. The number of aliphatic hydroxyl groups is 1. The number of carbonyl (C=O) groups excluding carboxylic acids is 1. The molecule has 5 nitrogen and oxygen atoms in total. The second-order valence-electron chi connectivity index (χ2n) is 3.28. The maximum atomic E-state index is 11.2. The maximum Gasteiger partial charge on any atom is 0.257 e. The van der Waals surface area contributed by atoms with E-state index >= 15 is 0 Å². The molecule has 0 saturated heterocycles. The van der Waals surface area contributed by atoms with E-state index in [-0.39, 0.29) is 19.1 Å². The van der Waals surface area contributed by atoms with Crippen LogP contribution in [0.4, 0.5) is 5.69 Å². The molecule has 16 heavy (non-hydrogen) atoms. The molecule has 1 amide bonds. The van der Waals surface area contributed by atoms with E-state index in [9.17, 15) is 4.79 Å². The van der Waals surface area contributed by atoms with Crippen molar-refractivity contribution in [2.75, 3.05) is 25.5 Å². The number of ether oxygens (including phenoxy) is 1. The molecule has 0 aliphatic rings. The van der Waals surface area contributed by atoms with Crippen LogP contribution in [0, 0.1) is 0 Å². The van der Waals surface area contributed by atoms with Crippen LogP contribution in [0.5, 0.6) is 5.75 Å². The van der Waals surface area contributed by atoms with Crippen LogP contribution >= 0.6 is 0 Å². The molecule has 1 aromatic rings. The van der Waals surface area contributed by atoms with Gasteiger partial charge in [-0.3, -0.25) is 4.79 Å². The van der Waals surface area contributed by atoms with Crippen LogP contribution in [0.1, 0.15) is 6.42 Å². The summed E-state index contributed by atoms with van der Waals surface area (Å²) in [5, 5.41) is 11.1. The SMILES string of the molecule is Nc1ccc(OCC(=O)NCCCO)cc1. The van der Waals surface area contributed by atoms with E-state index in [1.807, 2.05) is 0 Å². The predicted octanol–water partition coefficient (Wildman–Crippen LogP) is 0.146. The summed E-state index contributed by atoms with van der Waals surface area (Å²) in [6.07, 6.45) is 0.549. The van der Waals surface area contributed by atoms with E-state index in [0.29, 0.717) is 24.4 Å². The van der Waals surface area contributed by atoms with Crippen molar-refractivity contribution < 1.29 is 14.6 Å². The van der Waals surface area contributed by atoms with E-state index in [2.05, 4.69) is 5.32 Å². The first-order valence-electron chi connectivity index (χ1n) is 5.08. The van der Waals surface area contributed by atoms with Crippen LogP contribution < -0.4 is 15.8 Å². The lowest BCUT2D eigenvalue weighted by molar-refractivity contribution is -0.123. The van der Waals surface area contributed by atoms with Crippen LogP contribution in [0.15, 0.2) is 24.3 Å². The molecule has 1 rings (SSSR count). The van der Waals surface area contributed by atoms with Crippen molar-refractivity contribution in [2.24, 2.45) is 0 Å². The number of rotatable bonds is 6. The summed E-state index contributed by atoms with van der Waals surface area (Å²) < 4.78 is 5.22. The molecule has 0 aliphatic heterocycles. The van der Waals surface area contributed by atoms with Crippen molar-refractivity contribution in [3.8, 4) is 5.75 Å². The number of anilines is 1. The summed E-state index contributed by atoms with van der Waals surface area (Å²) in [7, 11) is 0. The molecule has 0 radical (unpaired) electrons. The standard InChI is InChI=1S/C11H16N2O3/c12-9-2-4-10(5-3-9)16-8-11(15)13-6-1-7-14/h2-5,14H,1,6-8,12H2,(H,13,15). The highest BCUT2D eigenvalue weighted by Crippen LogP contribution is 2.12. The first kappa shape index (κ1) is 12.3. The van der Waals surface area contributed by atoms with Gasteiger partial charge in [0.25, 0.3) is 5.91 Å². The molecule has 0 saturated carbocycles. The third-order valence-corrected chi connectivity index (χ3v) is 1.91. The molecule has 88 valence electrons. The van der Waals surface area contributed by atoms with Crippen LogP contribution in [-0.4, -0.2) is 30.8 Å². The van der Waals surface area contributed by atoms with E-state index < -0.39 is 0 Å². The maximum absolute atomic E-state index is 11.2. The predicted molar refractivity (Wildman–Crippen MR) is 61.1 cm³/mol. The lowest BCUT2D eigenvalue weighted by Gasteiger charge is -2.06. The molecule has 0 spiro atoms. The van der Waals surface area contributed by atoms with E-state index in [4.69, 9.17) is 15.6 Å². The summed E-state index contributed by atoms with van der Waals surface area (Å²) >= 11 is 0. The Kier molecular flexibility index (Phi) is 5.15. The van der Waals surface area contributed by atoms with Gasteiger partial charge in [0, 0.05) is 18.8 Å². The Morgan fingerprint density at radius 3 is 2.69 bits per heavy atom. The third kappa shape index (κ3) is 4.65. The van der Waals surface area contributed by atoms with Crippen molar-refractivity contribution in [3.05, 3.63) is 24.3 Å². The largest absolute Gasteiger partial charge is 0.484 e. The summed E-state index contributed by atoms with van der Waals surface area (Å²) in [5.41, 5.74) is 6.16. The number of hydrogen-bond acceptors (Lipinski definition) is 4. The van der Waals surface area contributed by atoms with Gasteiger partial charge in [0.05, 0.1) is 0 Å². The van der Waals surface area contributed by atoms with Crippen molar-refractivity contribution in [2.45, 2.75) is 6.42 Å². The first-order chi connectivity index (χ1) is 7.72. The van der Waals surface area contributed by atoms with Gasteiger partial charge in [0.2, 0.25) is 0 Å². The Morgan fingerprint density at radius 1 is 1.38 bits per heavy atom. The fraction of sp³-hybridized carbons (Fsp3) is 0.364. The van der Waals surface area contributed by atoms with Gasteiger partial charge >= 0.3 is 0 Å². The van der Waals surface area contributed by atoms with Gasteiger partial charge in [0.1, 0.15) is 5.75 Å². The molecule has 0 heterocycles. The lowest BCUT2D eigenvalue weighted by Crippen LogP contribution is -2.30. The Labute approximate surface area is 94.2 Å². The van der Waals surface area contributed by atoms with Crippen molar-refractivity contribution in [3.63, 3.8) is 0 Å². The quantitative estimate of drug-likeness (QED) is 0.474. The summed E-state index contributed by atoms with van der Waals surface area (Å²) in [5.74, 6) is 0.400. The molecule has 0 bridgehead atoms. The highest BCUT2D eigenvalue weighted by Gasteiger charge is 2.01. The van der Waals surface area contributed by atoms with Crippen LogP contribution in [0.25, 0.3) is 0 Å². The molecule has 0 aromatic heterocycles. The molecule has 0 aliphatic carbocycles. The fourth-order valence-corrected chi connectivity index (χ4v) is 1.07. The zero-order chi connectivity index (χ0) is 11.8. The minimum Gasteiger partial charge on any atom is -0.484 e. The molecular weight excluding hydrogens is 208 g/mol. The molecule has 0 unspecified atom stereocenters. The number of nitrogen functional groups attached to an aromatic ring is 1. The van der Waals surface area contributed by atoms with Gasteiger partial charge in [-0.1, -0.05) is 0 Å². The molecule has 0 atom stereocenters. The van der Waals surface area contributed by atoms with Crippen molar-refractivity contribution in [1.82, 2.24) is 5.32 Å². The Bertz CT molecular complexity index is 325. The van der Waals surface area contributed by atoms with Crippen molar-refractivity contribution in [1.29, 1.82) is 0 Å². The number of benzene rings is 1. The minimum atomic E-state index is -0.203. The third-order valence-electron chi connectivity index (χ3n) is 1.91. The first-order valence-corrected chi connectivity index (χ1v) is 5.08. The normalized spacial score (nSPS) is 9.81. The fourth-order valence-electron chi connectivity index (χ4n) is 1.07. The van der Waals surface area contributed by atoms with Crippen LogP contribution in [0.2, 0.25) is 0 Å². The number of aliphatic hydroxyl groups excluding tert-OH is 1. The zero-order valence-corrected chi connectivity index (χ0v) is 8.98. The summed E-state index contributed by atoms with van der Waals surface area (Å²) in [6, 6.07) is 6.82. The number of amides is 1. The highest BCUT2D eigenvalue weighted by atomic mass is 16.5. The molecule has 4 N–H and O–H groups in total. The average Bonchev–Trinajstić information content (AvgIpc) is 2.29. The number of nitrogens with two attached hydrogens (primary N) is 1. The van der Waals surface area contributed by atoms with Gasteiger partial charge in [-0.05, 0) is 30.7 Å². The topological polar surface area (TPSA) is 84.6 Å². The zero-order valence-electron chi connectivity index (χ0n) is 8.98. The Balaban J connectivity index is 2.23. The number of hydrogen-bond donors (Lipinski definition) is 3. The number of carbonyl (C=O) groups is 1. The number of nitrogens with one attached hydrogen (secondary N) is 1. The van der Waals surface area contributed by atoms with Crippen LogP contribution in [0.3, 0.4) is 0 Å². The second-order valence-corrected chi connectivity index (χ2v) is 3.28.